The number of benzene rings is 1. The number of thioether (sulfide) groups is 1. The zero-order valence-corrected chi connectivity index (χ0v) is 16.2. The Morgan fingerprint density at radius 3 is 2.70 bits per heavy atom. The predicted molar refractivity (Wildman–Crippen MR) is 104 cm³/mol. The number of hydrogen-bond donors (Lipinski definition) is 1. The first-order chi connectivity index (χ1) is 13.1. The third-order valence-corrected chi connectivity index (χ3v) is 6.73. The van der Waals surface area contributed by atoms with Crippen molar-refractivity contribution in [2.45, 2.75) is 49.6 Å². The number of carbonyl (C=O) groups is 3. The highest BCUT2D eigenvalue weighted by Crippen LogP contribution is 2.34. The van der Waals surface area contributed by atoms with Gasteiger partial charge < -0.3 is 9.80 Å². The van der Waals surface area contributed by atoms with Crippen LogP contribution in [0.25, 0.3) is 0 Å². The molecule has 0 saturated carbocycles. The molecule has 27 heavy (non-hydrogen) atoms. The van der Waals surface area contributed by atoms with Crippen LogP contribution in [0.1, 0.15) is 48.0 Å². The summed E-state index contributed by atoms with van der Waals surface area (Å²) in [6.07, 6.45) is 4.62. The maximum absolute atomic E-state index is 12.8. The molecule has 7 heteroatoms. The second-order valence-electron chi connectivity index (χ2n) is 7.43. The van der Waals surface area contributed by atoms with Gasteiger partial charge in [-0.3, -0.25) is 19.7 Å². The molecule has 144 valence electrons. The number of piperidine rings is 2. The van der Waals surface area contributed by atoms with Crippen LogP contribution in [0.3, 0.4) is 0 Å². The first-order valence-corrected chi connectivity index (χ1v) is 10.7. The van der Waals surface area contributed by atoms with E-state index in [-0.39, 0.29) is 24.1 Å². The fraction of sp³-hybridized carbons (Fsp3) is 0.550. The number of amides is 3. The van der Waals surface area contributed by atoms with Crippen LogP contribution in [0.15, 0.2) is 23.1 Å². The molecule has 1 aromatic rings. The molecule has 1 unspecified atom stereocenters. The minimum Gasteiger partial charge on any atom is -0.322 e. The second-order valence-corrected chi connectivity index (χ2v) is 8.57. The van der Waals surface area contributed by atoms with E-state index in [2.05, 4.69) is 16.3 Å². The summed E-state index contributed by atoms with van der Waals surface area (Å²) in [6.45, 7) is 3.90. The average Bonchev–Trinajstić information content (AvgIpc) is 3.00. The Bertz CT molecular complexity index is 761. The molecule has 3 amide bonds. The number of carbonyl (C=O) groups excluding carboxylic acids is 3. The van der Waals surface area contributed by atoms with Gasteiger partial charge in [0, 0.05) is 35.7 Å². The van der Waals surface area contributed by atoms with Crippen LogP contribution in [-0.4, -0.2) is 59.0 Å². The monoisotopic (exact) mass is 387 g/mol. The van der Waals surface area contributed by atoms with Crippen molar-refractivity contribution in [2.75, 3.05) is 25.4 Å². The Labute approximate surface area is 163 Å². The fourth-order valence-corrected chi connectivity index (χ4v) is 5.25. The highest BCUT2D eigenvalue weighted by atomic mass is 32.2. The number of likely N-dealkylation sites (tertiary alicyclic amines) is 1. The quantitative estimate of drug-likeness (QED) is 0.618. The minimum atomic E-state index is -0.547. The number of fused-ring (bicyclic) bond motifs is 1. The summed E-state index contributed by atoms with van der Waals surface area (Å²) in [4.78, 5) is 41.7. The van der Waals surface area contributed by atoms with Gasteiger partial charge in [0.2, 0.25) is 11.8 Å². The van der Waals surface area contributed by atoms with Crippen molar-refractivity contribution in [2.24, 2.45) is 0 Å². The Morgan fingerprint density at radius 2 is 1.93 bits per heavy atom. The molecule has 0 spiro atoms. The first kappa shape index (κ1) is 18.5. The average molecular weight is 388 g/mol. The number of nitrogens with zero attached hydrogens (tertiary/aromatic N) is 2. The third-order valence-electron chi connectivity index (χ3n) is 5.65. The first-order valence-electron chi connectivity index (χ1n) is 9.75. The van der Waals surface area contributed by atoms with Crippen molar-refractivity contribution in [1.82, 2.24) is 15.1 Å². The fourth-order valence-electron chi connectivity index (χ4n) is 4.16. The minimum absolute atomic E-state index is 0.0991. The maximum atomic E-state index is 12.8. The molecular formula is C20H25N3O3S. The largest absolute Gasteiger partial charge is 0.322 e. The topological polar surface area (TPSA) is 69.7 Å². The number of rotatable bonds is 5. The lowest BCUT2D eigenvalue weighted by Crippen LogP contribution is -2.52. The molecule has 3 aliphatic heterocycles. The molecule has 2 saturated heterocycles. The van der Waals surface area contributed by atoms with E-state index < -0.39 is 6.04 Å². The van der Waals surface area contributed by atoms with Crippen LogP contribution in [-0.2, 0) is 16.1 Å². The summed E-state index contributed by atoms with van der Waals surface area (Å²) in [5, 5.41) is 2.36. The molecule has 6 nitrogen and oxygen atoms in total. The lowest BCUT2D eigenvalue weighted by molar-refractivity contribution is -0.136. The van der Waals surface area contributed by atoms with Gasteiger partial charge in [0.1, 0.15) is 6.04 Å². The van der Waals surface area contributed by atoms with Crippen LogP contribution < -0.4 is 5.32 Å². The van der Waals surface area contributed by atoms with Gasteiger partial charge in [-0.15, -0.1) is 11.8 Å². The maximum Gasteiger partial charge on any atom is 0.255 e. The van der Waals surface area contributed by atoms with Gasteiger partial charge in [0.05, 0.1) is 0 Å². The summed E-state index contributed by atoms with van der Waals surface area (Å²) in [5.41, 5.74) is 1.72. The van der Waals surface area contributed by atoms with E-state index in [9.17, 15) is 14.4 Å². The second kappa shape index (κ2) is 8.02. The predicted octanol–water partition coefficient (Wildman–Crippen LogP) is 2.03. The molecule has 1 aromatic carbocycles. The molecule has 4 rings (SSSR count). The van der Waals surface area contributed by atoms with Crippen LogP contribution >= 0.6 is 11.8 Å². The molecule has 1 atom stereocenters. The molecule has 3 heterocycles. The van der Waals surface area contributed by atoms with Crippen molar-refractivity contribution in [3.8, 4) is 0 Å². The standard InChI is InChI=1S/C20H25N3O3S/c24-18-8-7-16(19(25)21-18)23-13-15-14(20(23)26)5-4-6-17(15)27-12-11-22-9-2-1-3-10-22/h4-6,16H,1-3,7-13H2,(H,21,24,25). The Balaban J connectivity index is 1.42. The molecular weight excluding hydrogens is 362 g/mol. The van der Waals surface area contributed by atoms with E-state index >= 15 is 0 Å². The summed E-state index contributed by atoms with van der Waals surface area (Å²) >= 11 is 1.80. The Hall–Kier alpha value is -1.86. The highest BCUT2D eigenvalue weighted by Gasteiger charge is 2.39. The Kier molecular flexibility index (Phi) is 5.50. The smallest absolute Gasteiger partial charge is 0.255 e. The van der Waals surface area contributed by atoms with Gasteiger partial charge in [-0.25, -0.2) is 0 Å². The number of nitrogens with one attached hydrogen (secondary N) is 1. The summed E-state index contributed by atoms with van der Waals surface area (Å²) in [5.74, 6) is 0.294. The van der Waals surface area contributed by atoms with E-state index in [1.54, 1.807) is 16.7 Å². The van der Waals surface area contributed by atoms with Gasteiger partial charge in [-0.2, -0.15) is 0 Å². The van der Waals surface area contributed by atoms with E-state index in [4.69, 9.17) is 0 Å². The SMILES string of the molecule is O=C1CCC(N2Cc3c(SCCN4CCCCC4)cccc3C2=O)C(=O)N1. The molecule has 1 N–H and O–H groups in total. The Morgan fingerprint density at radius 1 is 1.11 bits per heavy atom. The van der Waals surface area contributed by atoms with E-state index in [0.717, 1.165) is 22.8 Å². The van der Waals surface area contributed by atoms with E-state index in [0.29, 0.717) is 18.5 Å². The van der Waals surface area contributed by atoms with Crippen LogP contribution in [0, 0.1) is 0 Å². The van der Waals surface area contributed by atoms with Crippen molar-refractivity contribution in [1.29, 1.82) is 0 Å². The molecule has 2 fully saturated rings. The molecule has 0 aliphatic carbocycles. The van der Waals surface area contributed by atoms with E-state index in [1.807, 2.05) is 12.1 Å². The van der Waals surface area contributed by atoms with Gasteiger partial charge in [-0.1, -0.05) is 12.5 Å². The zero-order chi connectivity index (χ0) is 18.8. The summed E-state index contributed by atoms with van der Waals surface area (Å²) < 4.78 is 0. The van der Waals surface area contributed by atoms with Gasteiger partial charge >= 0.3 is 0 Å². The van der Waals surface area contributed by atoms with Gasteiger partial charge in [-0.05, 0) is 50.0 Å². The van der Waals surface area contributed by atoms with Crippen molar-refractivity contribution in [3.05, 3.63) is 29.3 Å². The zero-order valence-electron chi connectivity index (χ0n) is 15.4. The van der Waals surface area contributed by atoms with Crippen molar-refractivity contribution >= 4 is 29.5 Å². The third kappa shape index (κ3) is 3.89. The lowest BCUT2D eigenvalue weighted by Gasteiger charge is -2.29. The molecule has 0 aromatic heterocycles. The summed E-state index contributed by atoms with van der Waals surface area (Å²) in [7, 11) is 0. The lowest BCUT2D eigenvalue weighted by atomic mass is 10.0. The molecule has 0 radical (unpaired) electrons. The highest BCUT2D eigenvalue weighted by molar-refractivity contribution is 7.99. The van der Waals surface area contributed by atoms with Gasteiger partial charge in [0.15, 0.2) is 0 Å². The van der Waals surface area contributed by atoms with Crippen molar-refractivity contribution < 1.29 is 14.4 Å². The summed E-state index contributed by atoms with van der Waals surface area (Å²) in [6, 6.07) is 5.29. The van der Waals surface area contributed by atoms with Crippen LogP contribution in [0.5, 0.6) is 0 Å². The normalized spacial score (nSPS) is 23.5. The van der Waals surface area contributed by atoms with Gasteiger partial charge in [0.25, 0.3) is 5.91 Å². The molecule has 3 aliphatic rings. The van der Waals surface area contributed by atoms with Crippen LogP contribution in [0.4, 0.5) is 0 Å². The van der Waals surface area contributed by atoms with Crippen molar-refractivity contribution in [3.63, 3.8) is 0 Å². The molecule has 0 bridgehead atoms. The van der Waals surface area contributed by atoms with E-state index in [1.165, 1.54) is 32.4 Å². The number of imide groups is 1. The number of hydrogen-bond acceptors (Lipinski definition) is 5. The van der Waals surface area contributed by atoms with Crippen LogP contribution in [0.2, 0.25) is 0 Å².